The molecule has 1 aromatic carbocycles. The molecule has 2 rings (SSSR count). The number of benzene rings is 1. The van der Waals surface area contributed by atoms with Crippen molar-refractivity contribution >= 4 is 0 Å². The summed E-state index contributed by atoms with van der Waals surface area (Å²) in [4.78, 5) is 0. The van der Waals surface area contributed by atoms with Crippen LogP contribution in [0.15, 0.2) is 30.3 Å². The summed E-state index contributed by atoms with van der Waals surface area (Å²) >= 11 is 0. The van der Waals surface area contributed by atoms with Gasteiger partial charge in [0.1, 0.15) is 12.2 Å². The van der Waals surface area contributed by atoms with E-state index in [1.165, 1.54) is 5.56 Å². The van der Waals surface area contributed by atoms with E-state index in [-0.39, 0.29) is 12.7 Å². The number of aliphatic hydroxyl groups excluding tert-OH is 2. The predicted octanol–water partition coefficient (Wildman–Crippen LogP) is -0.103. The molecule has 0 radical (unpaired) electrons. The number of hydrogen-bond donors (Lipinski definition) is 3. The van der Waals surface area contributed by atoms with Crippen LogP contribution in [0.2, 0.25) is 0 Å². The zero-order valence-electron chi connectivity index (χ0n) is 9.04. The van der Waals surface area contributed by atoms with E-state index in [0.29, 0.717) is 6.54 Å². The van der Waals surface area contributed by atoms with Gasteiger partial charge in [0.15, 0.2) is 0 Å². The molecule has 1 fully saturated rings. The summed E-state index contributed by atoms with van der Waals surface area (Å²) in [5, 5.41) is 22.0. The molecule has 0 spiro atoms. The summed E-state index contributed by atoms with van der Waals surface area (Å²) < 4.78 is 5.25. The van der Waals surface area contributed by atoms with Gasteiger partial charge in [0, 0.05) is 13.1 Å². The molecule has 0 amide bonds. The zero-order chi connectivity index (χ0) is 11.4. The second-order valence-electron chi connectivity index (χ2n) is 4.05. The fourth-order valence-corrected chi connectivity index (χ4v) is 1.80. The third-order valence-corrected chi connectivity index (χ3v) is 2.77. The van der Waals surface area contributed by atoms with Crippen molar-refractivity contribution in [1.82, 2.24) is 5.32 Å². The van der Waals surface area contributed by atoms with Crippen LogP contribution in [0.1, 0.15) is 5.56 Å². The van der Waals surface area contributed by atoms with Gasteiger partial charge < -0.3 is 20.3 Å². The minimum absolute atomic E-state index is 0.221. The van der Waals surface area contributed by atoms with Crippen molar-refractivity contribution in [2.24, 2.45) is 0 Å². The molecule has 88 valence electrons. The molecular weight excluding hydrogens is 206 g/mol. The first-order valence-corrected chi connectivity index (χ1v) is 5.50. The average molecular weight is 223 g/mol. The second kappa shape index (κ2) is 5.41. The van der Waals surface area contributed by atoms with Crippen molar-refractivity contribution in [1.29, 1.82) is 0 Å². The normalized spacial score (nSPS) is 29.5. The third-order valence-electron chi connectivity index (χ3n) is 2.77. The van der Waals surface area contributed by atoms with Crippen molar-refractivity contribution in [3.05, 3.63) is 35.9 Å². The van der Waals surface area contributed by atoms with E-state index in [1.54, 1.807) is 0 Å². The first-order chi connectivity index (χ1) is 7.77. The average Bonchev–Trinajstić information content (AvgIpc) is 2.62. The molecule has 1 heterocycles. The van der Waals surface area contributed by atoms with E-state index in [4.69, 9.17) is 4.74 Å². The highest BCUT2D eigenvalue weighted by Gasteiger charge is 2.33. The first-order valence-electron chi connectivity index (χ1n) is 5.50. The van der Waals surface area contributed by atoms with Crippen molar-refractivity contribution in [2.75, 3.05) is 13.2 Å². The van der Waals surface area contributed by atoms with Crippen LogP contribution in [0, 0.1) is 0 Å². The molecule has 16 heavy (non-hydrogen) atoms. The van der Waals surface area contributed by atoms with E-state index in [9.17, 15) is 10.2 Å². The number of nitrogens with one attached hydrogen (secondary N) is 1. The van der Waals surface area contributed by atoms with E-state index >= 15 is 0 Å². The molecule has 0 unspecified atom stereocenters. The standard InChI is InChI=1S/C12H17NO3/c14-10-8-16-11(12(10)15)7-13-6-9-4-2-1-3-5-9/h1-5,10-15H,6-8H2/t10-,11+,12-/m0/s1. The molecule has 1 aliphatic heterocycles. The minimum Gasteiger partial charge on any atom is -0.388 e. The Kier molecular flexibility index (Phi) is 3.90. The molecule has 3 N–H and O–H groups in total. The van der Waals surface area contributed by atoms with Gasteiger partial charge in [-0.15, -0.1) is 0 Å². The Labute approximate surface area is 94.9 Å². The van der Waals surface area contributed by atoms with E-state index < -0.39 is 12.2 Å². The van der Waals surface area contributed by atoms with Crippen LogP contribution in [0.25, 0.3) is 0 Å². The summed E-state index contributed by atoms with van der Waals surface area (Å²) in [6, 6.07) is 10.0. The minimum atomic E-state index is -0.775. The molecule has 1 aromatic rings. The molecule has 0 bridgehead atoms. The fraction of sp³-hybridized carbons (Fsp3) is 0.500. The van der Waals surface area contributed by atoms with Crippen LogP contribution < -0.4 is 5.32 Å². The summed E-state index contributed by atoms with van der Waals surface area (Å²) in [7, 11) is 0. The fourth-order valence-electron chi connectivity index (χ4n) is 1.80. The lowest BCUT2D eigenvalue weighted by molar-refractivity contribution is 0.0236. The quantitative estimate of drug-likeness (QED) is 0.667. The molecule has 0 aliphatic carbocycles. The van der Waals surface area contributed by atoms with Gasteiger partial charge in [0.2, 0.25) is 0 Å². The smallest absolute Gasteiger partial charge is 0.109 e. The van der Waals surface area contributed by atoms with Crippen LogP contribution in [0.5, 0.6) is 0 Å². The first kappa shape index (κ1) is 11.5. The lowest BCUT2D eigenvalue weighted by Gasteiger charge is -2.15. The maximum Gasteiger partial charge on any atom is 0.109 e. The molecule has 4 nitrogen and oxygen atoms in total. The van der Waals surface area contributed by atoms with Gasteiger partial charge in [0.25, 0.3) is 0 Å². The SMILES string of the molecule is O[C@H]1[C@@H](O)CO[C@@H]1CNCc1ccccc1. The van der Waals surface area contributed by atoms with Crippen LogP contribution in [-0.4, -0.2) is 41.7 Å². The molecule has 3 atom stereocenters. The van der Waals surface area contributed by atoms with Gasteiger partial charge in [-0.2, -0.15) is 0 Å². The Morgan fingerprint density at radius 3 is 2.62 bits per heavy atom. The summed E-state index contributed by atoms with van der Waals surface area (Å²) in [6.07, 6.45) is -1.83. The molecule has 4 heteroatoms. The summed E-state index contributed by atoms with van der Waals surface area (Å²) in [5.41, 5.74) is 1.19. The Hall–Kier alpha value is -0.940. The molecule has 0 aromatic heterocycles. The third kappa shape index (κ3) is 2.80. The second-order valence-corrected chi connectivity index (χ2v) is 4.05. The van der Waals surface area contributed by atoms with Gasteiger partial charge >= 0.3 is 0 Å². The van der Waals surface area contributed by atoms with Crippen molar-refractivity contribution in [3.63, 3.8) is 0 Å². The van der Waals surface area contributed by atoms with Gasteiger partial charge in [-0.3, -0.25) is 0 Å². The number of hydrogen-bond acceptors (Lipinski definition) is 4. The highest BCUT2D eigenvalue weighted by Crippen LogP contribution is 2.13. The molecule has 1 aliphatic rings. The van der Waals surface area contributed by atoms with Crippen LogP contribution >= 0.6 is 0 Å². The van der Waals surface area contributed by atoms with Gasteiger partial charge in [-0.25, -0.2) is 0 Å². The van der Waals surface area contributed by atoms with E-state index in [1.807, 2.05) is 30.3 Å². The van der Waals surface area contributed by atoms with E-state index in [0.717, 1.165) is 6.54 Å². The van der Waals surface area contributed by atoms with Crippen LogP contribution in [-0.2, 0) is 11.3 Å². The van der Waals surface area contributed by atoms with Gasteiger partial charge in [0.05, 0.1) is 12.7 Å². The van der Waals surface area contributed by atoms with Crippen molar-refractivity contribution in [2.45, 2.75) is 24.9 Å². The lowest BCUT2D eigenvalue weighted by atomic mass is 10.1. The van der Waals surface area contributed by atoms with Crippen LogP contribution in [0.3, 0.4) is 0 Å². The molecule has 1 saturated heterocycles. The van der Waals surface area contributed by atoms with Crippen molar-refractivity contribution < 1.29 is 14.9 Å². The summed E-state index contributed by atoms with van der Waals surface area (Å²) in [5.74, 6) is 0. The molecular formula is C12H17NO3. The van der Waals surface area contributed by atoms with Gasteiger partial charge in [-0.05, 0) is 5.56 Å². The molecule has 0 saturated carbocycles. The topological polar surface area (TPSA) is 61.7 Å². The Morgan fingerprint density at radius 1 is 1.25 bits per heavy atom. The zero-order valence-corrected chi connectivity index (χ0v) is 9.04. The monoisotopic (exact) mass is 223 g/mol. The predicted molar refractivity (Wildman–Crippen MR) is 59.9 cm³/mol. The number of aliphatic hydroxyl groups is 2. The van der Waals surface area contributed by atoms with Crippen LogP contribution in [0.4, 0.5) is 0 Å². The Morgan fingerprint density at radius 2 is 2.00 bits per heavy atom. The number of ether oxygens (including phenoxy) is 1. The largest absolute Gasteiger partial charge is 0.388 e. The number of rotatable bonds is 4. The maximum atomic E-state index is 9.54. The van der Waals surface area contributed by atoms with Gasteiger partial charge in [-0.1, -0.05) is 30.3 Å². The maximum absolute atomic E-state index is 9.54. The Balaban J connectivity index is 1.73. The lowest BCUT2D eigenvalue weighted by Crippen LogP contribution is -2.37. The van der Waals surface area contributed by atoms with E-state index in [2.05, 4.69) is 5.32 Å². The Bertz CT molecular complexity index is 317. The van der Waals surface area contributed by atoms with Crippen molar-refractivity contribution in [3.8, 4) is 0 Å². The summed E-state index contributed by atoms with van der Waals surface area (Å²) in [6.45, 7) is 1.51. The highest BCUT2D eigenvalue weighted by atomic mass is 16.5. The highest BCUT2D eigenvalue weighted by molar-refractivity contribution is 5.14.